The number of anilines is 1. The van der Waals surface area contributed by atoms with E-state index in [1.165, 1.54) is 6.92 Å². The van der Waals surface area contributed by atoms with Crippen LogP contribution >= 0.6 is 11.6 Å². The van der Waals surface area contributed by atoms with Crippen LogP contribution in [0.3, 0.4) is 0 Å². The van der Waals surface area contributed by atoms with Gasteiger partial charge in [0, 0.05) is 69.2 Å². The number of halogens is 1. The first kappa shape index (κ1) is 27.6. The Kier molecular flexibility index (Phi) is 9.33. The maximum atomic E-state index is 13.6. The largest absolute Gasteiger partial charge is 0.493 e. The van der Waals surface area contributed by atoms with E-state index in [1.54, 1.807) is 18.2 Å². The Morgan fingerprint density at radius 2 is 2.03 bits per heavy atom. The standard InChI is InChI=1S/C28H36ClN5O4/c1-4-5-6-16-38-25-17-22(8-9-24(25)37-3)34-14-7-13-33(28(34)36)18-21-10-11-31-27-26(21)23(29)19-32(27)15-12-30-20(2)35/h8-11,17,19H,4-7,12-16,18H2,1-3H3,(H,30,35). The van der Waals surface area contributed by atoms with Gasteiger partial charge in [0.25, 0.3) is 0 Å². The molecule has 0 saturated carbocycles. The second-order valence-electron chi connectivity index (χ2n) is 9.42. The Labute approximate surface area is 228 Å². The highest BCUT2D eigenvalue weighted by atomic mass is 35.5. The number of aromatic nitrogens is 2. The third kappa shape index (κ3) is 6.32. The van der Waals surface area contributed by atoms with Crippen LogP contribution in [0, 0.1) is 0 Å². The number of fused-ring (bicyclic) bond motifs is 1. The van der Waals surface area contributed by atoms with Crippen LogP contribution in [-0.2, 0) is 17.9 Å². The van der Waals surface area contributed by atoms with Crippen LogP contribution in [0.5, 0.6) is 11.5 Å². The predicted octanol–water partition coefficient (Wildman–Crippen LogP) is 5.24. The Morgan fingerprint density at radius 3 is 2.79 bits per heavy atom. The van der Waals surface area contributed by atoms with Crippen molar-refractivity contribution < 1.29 is 19.1 Å². The lowest BCUT2D eigenvalue weighted by molar-refractivity contribution is -0.118. The third-order valence-electron chi connectivity index (χ3n) is 6.66. The minimum absolute atomic E-state index is 0.0653. The summed E-state index contributed by atoms with van der Waals surface area (Å²) >= 11 is 6.62. The van der Waals surface area contributed by atoms with Gasteiger partial charge in [-0.05, 0) is 36.6 Å². The van der Waals surface area contributed by atoms with Gasteiger partial charge in [-0.25, -0.2) is 9.78 Å². The second kappa shape index (κ2) is 12.9. The fourth-order valence-corrected chi connectivity index (χ4v) is 5.06. The number of carbonyl (C=O) groups excluding carboxylic acids is 2. The number of methoxy groups -OCH3 is 1. The van der Waals surface area contributed by atoms with Gasteiger partial charge >= 0.3 is 6.03 Å². The normalized spacial score (nSPS) is 13.7. The van der Waals surface area contributed by atoms with E-state index in [0.29, 0.717) is 55.9 Å². The van der Waals surface area contributed by atoms with Gasteiger partial charge in [0.15, 0.2) is 11.5 Å². The lowest BCUT2D eigenvalue weighted by Gasteiger charge is -2.36. The highest BCUT2D eigenvalue weighted by molar-refractivity contribution is 6.35. The molecule has 1 aliphatic rings. The van der Waals surface area contributed by atoms with Crippen LogP contribution < -0.4 is 19.7 Å². The molecule has 0 spiro atoms. The Hall–Kier alpha value is -3.46. The number of unbranched alkanes of at least 4 members (excludes halogenated alkanes) is 2. The van der Waals surface area contributed by atoms with Gasteiger partial charge < -0.3 is 24.3 Å². The van der Waals surface area contributed by atoms with Crippen LogP contribution in [0.25, 0.3) is 11.0 Å². The van der Waals surface area contributed by atoms with E-state index in [-0.39, 0.29) is 11.9 Å². The summed E-state index contributed by atoms with van der Waals surface area (Å²) in [4.78, 5) is 33.0. The molecule has 4 rings (SSSR count). The number of nitrogens with one attached hydrogen (secondary N) is 1. The zero-order valence-electron chi connectivity index (χ0n) is 22.3. The molecule has 1 saturated heterocycles. The van der Waals surface area contributed by atoms with E-state index in [9.17, 15) is 9.59 Å². The molecule has 1 N–H and O–H groups in total. The zero-order valence-corrected chi connectivity index (χ0v) is 23.1. The Morgan fingerprint density at radius 1 is 1.18 bits per heavy atom. The van der Waals surface area contributed by atoms with Crippen molar-refractivity contribution in [3.05, 3.63) is 47.2 Å². The fourth-order valence-electron chi connectivity index (χ4n) is 4.74. The molecule has 9 nitrogen and oxygen atoms in total. The number of nitrogens with zero attached hydrogens (tertiary/aromatic N) is 4. The molecule has 0 aliphatic carbocycles. The van der Waals surface area contributed by atoms with Crippen molar-refractivity contribution in [2.45, 2.75) is 52.6 Å². The van der Waals surface area contributed by atoms with Crippen molar-refractivity contribution in [2.75, 3.05) is 38.3 Å². The lowest BCUT2D eigenvalue weighted by Crippen LogP contribution is -2.49. The van der Waals surface area contributed by atoms with E-state index in [0.717, 1.165) is 48.0 Å². The Bertz CT molecular complexity index is 1280. The molecular formula is C28H36ClN5O4. The Balaban J connectivity index is 1.52. The summed E-state index contributed by atoms with van der Waals surface area (Å²) in [6, 6.07) is 7.49. The predicted molar refractivity (Wildman–Crippen MR) is 149 cm³/mol. The van der Waals surface area contributed by atoms with Gasteiger partial charge in [-0.3, -0.25) is 9.69 Å². The molecule has 3 amide bonds. The lowest BCUT2D eigenvalue weighted by atomic mass is 10.1. The molecule has 3 heterocycles. The zero-order chi connectivity index (χ0) is 27.1. The van der Waals surface area contributed by atoms with E-state index in [1.807, 2.05) is 39.9 Å². The van der Waals surface area contributed by atoms with Crippen LogP contribution in [0.1, 0.15) is 45.1 Å². The highest BCUT2D eigenvalue weighted by Gasteiger charge is 2.28. The number of pyridine rings is 1. The monoisotopic (exact) mass is 541 g/mol. The average molecular weight is 542 g/mol. The minimum atomic E-state index is -0.0820. The van der Waals surface area contributed by atoms with Gasteiger partial charge in [0.1, 0.15) is 5.65 Å². The topological polar surface area (TPSA) is 88.9 Å². The number of amides is 3. The van der Waals surface area contributed by atoms with Crippen molar-refractivity contribution in [3.63, 3.8) is 0 Å². The average Bonchev–Trinajstić information content (AvgIpc) is 3.23. The molecule has 204 valence electrons. The quantitative estimate of drug-likeness (QED) is 0.317. The molecule has 0 unspecified atom stereocenters. The van der Waals surface area contributed by atoms with Gasteiger partial charge in [-0.15, -0.1) is 0 Å². The van der Waals surface area contributed by atoms with E-state index < -0.39 is 0 Å². The molecule has 1 aliphatic heterocycles. The number of benzene rings is 1. The number of rotatable bonds is 12. The smallest absolute Gasteiger partial charge is 0.324 e. The van der Waals surface area contributed by atoms with Crippen molar-refractivity contribution >= 4 is 40.3 Å². The molecule has 38 heavy (non-hydrogen) atoms. The molecule has 0 radical (unpaired) electrons. The fraction of sp³-hybridized carbons (Fsp3) is 0.464. The summed E-state index contributed by atoms with van der Waals surface area (Å²) in [6.07, 6.45) is 7.60. The first-order chi connectivity index (χ1) is 18.4. The molecule has 0 atom stereocenters. The van der Waals surface area contributed by atoms with Crippen LogP contribution in [0.2, 0.25) is 5.02 Å². The summed E-state index contributed by atoms with van der Waals surface area (Å²) in [5.41, 5.74) is 2.45. The van der Waals surface area contributed by atoms with Crippen LogP contribution in [0.4, 0.5) is 10.5 Å². The minimum Gasteiger partial charge on any atom is -0.493 e. The highest BCUT2D eigenvalue weighted by Crippen LogP contribution is 2.34. The van der Waals surface area contributed by atoms with Crippen LogP contribution in [-0.4, -0.2) is 59.7 Å². The summed E-state index contributed by atoms with van der Waals surface area (Å²) in [7, 11) is 1.62. The maximum Gasteiger partial charge on any atom is 0.324 e. The molecule has 1 aromatic carbocycles. The summed E-state index contributed by atoms with van der Waals surface area (Å²) in [5.74, 6) is 1.22. The van der Waals surface area contributed by atoms with Crippen molar-refractivity contribution in [1.82, 2.24) is 19.8 Å². The third-order valence-corrected chi connectivity index (χ3v) is 6.95. The van der Waals surface area contributed by atoms with Crippen molar-refractivity contribution in [3.8, 4) is 11.5 Å². The number of carbonyl (C=O) groups is 2. The molecule has 10 heteroatoms. The van der Waals surface area contributed by atoms with Gasteiger partial charge in [-0.1, -0.05) is 31.4 Å². The van der Waals surface area contributed by atoms with E-state index in [2.05, 4.69) is 17.2 Å². The number of urea groups is 1. The maximum absolute atomic E-state index is 13.6. The SMILES string of the molecule is CCCCCOc1cc(N2CCCN(Cc3ccnc4c3c(Cl)cn4CCNC(C)=O)C2=O)ccc1OC. The van der Waals surface area contributed by atoms with Gasteiger partial charge in [-0.2, -0.15) is 0 Å². The first-order valence-corrected chi connectivity index (χ1v) is 13.5. The second-order valence-corrected chi connectivity index (χ2v) is 9.83. The van der Waals surface area contributed by atoms with E-state index >= 15 is 0 Å². The van der Waals surface area contributed by atoms with Crippen LogP contribution in [0.15, 0.2) is 36.7 Å². The summed E-state index contributed by atoms with van der Waals surface area (Å²) < 4.78 is 13.4. The van der Waals surface area contributed by atoms with Gasteiger partial charge in [0.05, 0.1) is 18.7 Å². The number of hydrogen-bond donors (Lipinski definition) is 1. The molecule has 0 bridgehead atoms. The number of ether oxygens (including phenoxy) is 2. The molecule has 2 aromatic heterocycles. The first-order valence-electron chi connectivity index (χ1n) is 13.2. The summed E-state index contributed by atoms with van der Waals surface area (Å²) in [6.45, 7) is 6.98. The van der Waals surface area contributed by atoms with Gasteiger partial charge in [0.2, 0.25) is 5.91 Å². The number of hydrogen-bond acceptors (Lipinski definition) is 5. The van der Waals surface area contributed by atoms with Crippen molar-refractivity contribution in [2.24, 2.45) is 0 Å². The molecule has 1 fully saturated rings. The molecule has 3 aromatic rings. The summed E-state index contributed by atoms with van der Waals surface area (Å²) in [5, 5.41) is 4.20. The van der Waals surface area contributed by atoms with Crippen molar-refractivity contribution in [1.29, 1.82) is 0 Å². The van der Waals surface area contributed by atoms with E-state index in [4.69, 9.17) is 21.1 Å². The molecular weight excluding hydrogens is 506 g/mol.